The van der Waals surface area contributed by atoms with Crippen LogP contribution in [0.3, 0.4) is 0 Å². The van der Waals surface area contributed by atoms with Crippen molar-refractivity contribution in [2.45, 2.75) is 32.1 Å². The van der Waals surface area contributed by atoms with Crippen molar-refractivity contribution in [3.63, 3.8) is 0 Å². The summed E-state index contributed by atoms with van der Waals surface area (Å²) in [5, 5.41) is 2.42. The third kappa shape index (κ3) is 2.38. The maximum absolute atomic E-state index is 12.5. The monoisotopic (exact) mass is 336 g/mol. The van der Waals surface area contributed by atoms with E-state index in [-0.39, 0.29) is 11.2 Å². The molecule has 22 heavy (non-hydrogen) atoms. The molecule has 0 radical (unpaired) electrons. The molecule has 3 rings (SSSR count). The van der Waals surface area contributed by atoms with Crippen LogP contribution in [0.2, 0.25) is 0 Å². The van der Waals surface area contributed by atoms with Crippen LogP contribution in [0.5, 0.6) is 0 Å². The van der Waals surface area contributed by atoms with Crippen LogP contribution in [-0.4, -0.2) is 33.8 Å². The molecule has 5 nitrogen and oxygen atoms in total. The first-order valence-electron chi connectivity index (χ1n) is 7.04. The van der Waals surface area contributed by atoms with Gasteiger partial charge in [0.25, 0.3) is 0 Å². The number of amides is 1. The van der Waals surface area contributed by atoms with Crippen LogP contribution >= 0.6 is 23.1 Å². The molecule has 7 heteroatoms. The molecule has 0 unspecified atom stereocenters. The van der Waals surface area contributed by atoms with Gasteiger partial charge >= 0.3 is 5.97 Å². The van der Waals surface area contributed by atoms with Gasteiger partial charge in [-0.2, -0.15) is 0 Å². The van der Waals surface area contributed by atoms with Gasteiger partial charge in [0.1, 0.15) is 6.04 Å². The highest BCUT2D eigenvalue weighted by atomic mass is 32.2. The third-order valence-electron chi connectivity index (χ3n) is 3.57. The van der Waals surface area contributed by atoms with E-state index >= 15 is 0 Å². The van der Waals surface area contributed by atoms with Gasteiger partial charge in [0.2, 0.25) is 5.91 Å². The van der Waals surface area contributed by atoms with Crippen molar-refractivity contribution < 1.29 is 14.3 Å². The summed E-state index contributed by atoms with van der Waals surface area (Å²) in [6.45, 7) is 5.72. The number of hydrogen-bond donors (Lipinski definition) is 0. The molecule has 2 atom stereocenters. The molecule has 1 saturated heterocycles. The van der Waals surface area contributed by atoms with E-state index in [0.29, 0.717) is 23.0 Å². The Morgan fingerprint density at radius 2 is 2.27 bits per heavy atom. The largest absolute Gasteiger partial charge is 0.463 e. The van der Waals surface area contributed by atoms with E-state index in [1.807, 2.05) is 24.4 Å². The second-order valence-electron chi connectivity index (χ2n) is 5.00. The van der Waals surface area contributed by atoms with E-state index in [0.717, 1.165) is 4.88 Å². The predicted molar refractivity (Wildman–Crippen MR) is 87.7 cm³/mol. The topological polar surface area (TPSA) is 59.0 Å². The fraction of sp³-hybridized carbons (Fsp3) is 0.400. The molecule has 3 heterocycles. The van der Waals surface area contributed by atoms with Crippen LogP contribution in [0.4, 0.5) is 0 Å². The molecule has 1 fully saturated rings. The second-order valence-corrected chi connectivity index (χ2v) is 7.29. The molecule has 1 amide bonds. The summed E-state index contributed by atoms with van der Waals surface area (Å²) >= 11 is 2.96. The highest BCUT2D eigenvalue weighted by Gasteiger charge is 2.46. The molecule has 2 aliphatic heterocycles. The lowest BCUT2D eigenvalue weighted by Gasteiger charge is -2.31. The number of esters is 1. The number of hydrogen-bond acceptors (Lipinski definition) is 6. The molecule has 0 aliphatic carbocycles. The Morgan fingerprint density at radius 3 is 2.91 bits per heavy atom. The average molecular weight is 336 g/mol. The van der Waals surface area contributed by atoms with Crippen LogP contribution in [0.1, 0.15) is 31.7 Å². The number of allylic oxidation sites excluding steroid dienone is 1. The number of carbonyl (C=O) groups excluding carboxylic acids is 2. The van der Waals surface area contributed by atoms with Crippen LogP contribution in [0.25, 0.3) is 0 Å². The van der Waals surface area contributed by atoms with E-state index in [4.69, 9.17) is 4.74 Å². The number of aliphatic imine (C=N–C) groups is 1. The number of carbonyl (C=O) groups is 2. The van der Waals surface area contributed by atoms with Gasteiger partial charge in [-0.05, 0) is 32.2 Å². The zero-order valence-corrected chi connectivity index (χ0v) is 14.2. The van der Waals surface area contributed by atoms with Crippen molar-refractivity contribution in [1.82, 2.24) is 4.90 Å². The SMILES string of the molecule is CCOC(=O)C1=C(C)N=C2S[C@@H](C)C(=O)N2[C@@H]1c1cccs1. The molecule has 2 aliphatic rings. The standard InChI is InChI=1S/C15H16N2O3S2/c1-4-20-14(19)11-8(2)16-15-17(13(18)9(3)22-15)12(11)10-6-5-7-21-10/h5-7,9,12H,4H2,1-3H3/t9-,12+/m0/s1. The molecule has 0 N–H and O–H groups in total. The summed E-state index contributed by atoms with van der Waals surface area (Å²) in [6, 6.07) is 3.42. The maximum atomic E-state index is 12.5. The normalized spacial score (nSPS) is 24.4. The fourth-order valence-electron chi connectivity index (χ4n) is 2.59. The average Bonchev–Trinajstić information content (AvgIpc) is 3.07. The summed E-state index contributed by atoms with van der Waals surface area (Å²) in [5.41, 5.74) is 1.08. The van der Waals surface area contributed by atoms with Crippen molar-refractivity contribution in [1.29, 1.82) is 0 Å². The van der Waals surface area contributed by atoms with Gasteiger partial charge in [-0.25, -0.2) is 9.79 Å². The molecular formula is C15H16N2O3S2. The lowest BCUT2D eigenvalue weighted by molar-refractivity contribution is -0.139. The first-order valence-corrected chi connectivity index (χ1v) is 8.80. The Kier molecular flexibility index (Phi) is 4.10. The highest BCUT2D eigenvalue weighted by Crippen LogP contribution is 2.44. The predicted octanol–water partition coefficient (Wildman–Crippen LogP) is 2.96. The molecule has 0 aromatic carbocycles. The maximum Gasteiger partial charge on any atom is 0.338 e. The fourth-order valence-corrected chi connectivity index (χ4v) is 4.44. The quantitative estimate of drug-likeness (QED) is 0.796. The number of thioether (sulfide) groups is 1. The molecule has 0 bridgehead atoms. The van der Waals surface area contributed by atoms with Crippen LogP contribution in [0, 0.1) is 0 Å². The van der Waals surface area contributed by atoms with Gasteiger partial charge in [0.15, 0.2) is 5.17 Å². The van der Waals surface area contributed by atoms with Gasteiger partial charge in [0.05, 0.1) is 23.1 Å². The zero-order valence-electron chi connectivity index (χ0n) is 12.5. The Hall–Kier alpha value is -1.60. The van der Waals surface area contributed by atoms with E-state index in [9.17, 15) is 9.59 Å². The smallest absolute Gasteiger partial charge is 0.338 e. The minimum absolute atomic E-state index is 0.0172. The number of fused-ring (bicyclic) bond motifs is 1. The number of amidine groups is 1. The van der Waals surface area contributed by atoms with E-state index in [2.05, 4.69) is 4.99 Å². The van der Waals surface area contributed by atoms with E-state index in [1.165, 1.54) is 23.1 Å². The Bertz CT molecular complexity index is 679. The van der Waals surface area contributed by atoms with E-state index in [1.54, 1.807) is 18.7 Å². The van der Waals surface area contributed by atoms with Gasteiger partial charge in [-0.15, -0.1) is 11.3 Å². The Balaban J connectivity index is 2.12. The van der Waals surface area contributed by atoms with Crippen molar-refractivity contribution in [3.05, 3.63) is 33.7 Å². The van der Waals surface area contributed by atoms with Crippen molar-refractivity contribution in [2.24, 2.45) is 4.99 Å². The number of rotatable bonds is 3. The summed E-state index contributed by atoms with van der Waals surface area (Å²) in [5.74, 6) is -0.421. The molecule has 1 aromatic rings. The first-order chi connectivity index (χ1) is 10.5. The summed E-state index contributed by atoms with van der Waals surface area (Å²) < 4.78 is 5.18. The molecule has 116 valence electrons. The molecule has 0 spiro atoms. The molecule has 0 saturated carbocycles. The highest BCUT2D eigenvalue weighted by molar-refractivity contribution is 8.15. The van der Waals surface area contributed by atoms with Gasteiger partial charge in [-0.1, -0.05) is 17.8 Å². The minimum atomic E-state index is -0.434. The van der Waals surface area contributed by atoms with Gasteiger partial charge in [0, 0.05) is 4.88 Å². The molecular weight excluding hydrogens is 320 g/mol. The lowest BCUT2D eigenvalue weighted by atomic mass is 10.0. The number of ether oxygens (including phenoxy) is 1. The summed E-state index contributed by atoms with van der Waals surface area (Å²) in [6.07, 6.45) is 0. The van der Waals surface area contributed by atoms with Crippen molar-refractivity contribution in [2.75, 3.05) is 6.61 Å². The third-order valence-corrected chi connectivity index (χ3v) is 5.54. The van der Waals surface area contributed by atoms with Gasteiger partial charge in [-0.3, -0.25) is 9.69 Å². The van der Waals surface area contributed by atoms with Crippen molar-refractivity contribution in [3.8, 4) is 0 Å². The minimum Gasteiger partial charge on any atom is -0.463 e. The van der Waals surface area contributed by atoms with Crippen LogP contribution < -0.4 is 0 Å². The second kappa shape index (κ2) is 5.89. The number of nitrogens with zero attached hydrogens (tertiary/aromatic N) is 2. The van der Waals surface area contributed by atoms with E-state index < -0.39 is 12.0 Å². The first kappa shape index (κ1) is 15.3. The number of thiophene rings is 1. The lowest BCUT2D eigenvalue weighted by Crippen LogP contribution is -2.40. The summed E-state index contributed by atoms with van der Waals surface area (Å²) in [4.78, 5) is 32.0. The Labute approximate surface area is 137 Å². The van der Waals surface area contributed by atoms with Crippen LogP contribution in [0.15, 0.2) is 33.8 Å². The van der Waals surface area contributed by atoms with Crippen LogP contribution in [-0.2, 0) is 14.3 Å². The molecule has 1 aromatic heterocycles. The summed E-state index contributed by atoms with van der Waals surface area (Å²) in [7, 11) is 0. The Morgan fingerprint density at radius 1 is 1.50 bits per heavy atom. The van der Waals surface area contributed by atoms with Crippen molar-refractivity contribution >= 4 is 40.1 Å². The van der Waals surface area contributed by atoms with Gasteiger partial charge < -0.3 is 4.74 Å². The zero-order chi connectivity index (χ0) is 15.9.